The molecule has 2 heterocycles. The van der Waals surface area contributed by atoms with E-state index >= 15 is 0 Å². The quantitative estimate of drug-likeness (QED) is 0.177. The van der Waals surface area contributed by atoms with Gasteiger partial charge in [0, 0.05) is 35.4 Å². The molecule has 2 amide bonds. The average Bonchev–Trinajstić information content (AvgIpc) is 3.33. The van der Waals surface area contributed by atoms with Crippen LogP contribution < -0.4 is 16.3 Å². The zero-order valence-electron chi connectivity index (χ0n) is 22.0. The van der Waals surface area contributed by atoms with Crippen molar-refractivity contribution >= 4 is 39.7 Å². The molecule has 0 aliphatic carbocycles. The first kappa shape index (κ1) is 27.6. The van der Waals surface area contributed by atoms with E-state index < -0.39 is 23.5 Å². The number of carbonyl (C=O) groups is 3. The molecule has 0 unspecified atom stereocenters. The summed E-state index contributed by atoms with van der Waals surface area (Å²) in [6, 6.07) is 12.7. The van der Waals surface area contributed by atoms with Crippen molar-refractivity contribution in [2.24, 2.45) is 0 Å². The first-order valence-corrected chi connectivity index (χ1v) is 13.1. The number of rotatable bonds is 12. The van der Waals surface area contributed by atoms with Gasteiger partial charge in [-0.1, -0.05) is 43.7 Å². The summed E-state index contributed by atoms with van der Waals surface area (Å²) in [5.74, 6) is -1.61. The van der Waals surface area contributed by atoms with Crippen LogP contribution in [0.25, 0.3) is 33.1 Å². The Morgan fingerprint density at radius 3 is 2.49 bits per heavy atom. The van der Waals surface area contributed by atoms with E-state index in [4.69, 9.17) is 13.9 Å². The number of unbranched alkanes of at least 4 members (excludes halogenated alkanes) is 2. The number of fused-ring (bicyclic) bond motifs is 2. The zero-order valence-corrected chi connectivity index (χ0v) is 22.0. The van der Waals surface area contributed by atoms with Gasteiger partial charge in [0.25, 0.3) is 0 Å². The lowest BCUT2D eigenvalue weighted by molar-refractivity contribution is -0.137. The van der Waals surface area contributed by atoms with E-state index in [0.717, 1.165) is 16.5 Å². The van der Waals surface area contributed by atoms with Crippen LogP contribution in [-0.4, -0.2) is 35.5 Å². The van der Waals surface area contributed by atoms with Crippen LogP contribution in [0.1, 0.15) is 50.2 Å². The number of benzene rings is 2. The van der Waals surface area contributed by atoms with Gasteiger partial charge >= 0.3 is 11.6 Å². The molecule has 9 heteroatoms. The van der Waals surface area contributed by atoms with Gasteiger partial charge in [0.15, 0.2) is 0 Å². The number of nitrogens with one attached hydrogen (secondary N) is 2. The number of furan rings is 1. The second kappa shape index (κ2) is 12.4. The van der Waals surface area contributed by atoms with Crippen LogP contribution in [0.15, 0.2) is 62.4 Å². The van der Waals surface area contributed by atoms with Crippen molar-refractivity contribution in [2.45, 2.75) is 58.4 Å². The smallest absolute Gasteiger partial charge is 0.340 e. The highest BCUT2D eigenvalue weighted by Crippen LogP contribution is 2.34. The third-order valence-electron chi connectivity index (χ3n) is 6.83. The van der Waals surface area contributed by atoms with E-state index in [9.17, 15) is 19.2 Å². The molecule has 0 aliphatic heterocycles. The lowest BCUT2D eigenvalue weighted by atomic mass is 9.99. The molecule has 2 aromatic heterocycles. The molecular weight excluding hydrogens is 500 g/mol. The molecule has 9 nitrogen and oxygen atoms in total. The Morgan fingerprint density at radius 1 is 1.00 bits per heavy atom. The normalized spacial score (nSPS) is 11.9. The molecule has 0 spiro atoms. The summed E-state index contributed by atoms with van der Waals surface area (Å²) < 4.78 is 11.3. The van der Waals surface area contributed by atoms with Crippen LogP contribution in [0.5, 0.6) is 0 Å². The zero-order chi connectivity index (χ0) is 27.9. The topological polar surface area (TPSA) is 139 Å². The van der Waals surface area contributed by atoms with Gasteiger partial charge in [-0.3, -0.25) is 14.4 Å². The number of hydrogen-bond donors (Lipinski definition) is 3. The van der Waals surface area contributed by atoms with Gasteiger partial charge in [-0.15, -0.1) is 0 Å². The highest BCUT2D eigenvalue weighted by atomic mass is 16.4. The predicted molar refractivity (Wildman–Crippen MR) is 147 cm³/mol. The first-order chi connectivity index (χ1) is 18.8. The minimum Gasteiger partial charge on any atom is -0.481 e. The summed E-state index contributed by atoms with van der Waals surface area (Å²) in [6.45, 7) is 3.96. The second-order valence-corrected chi connectivity index (χ2v) is 9.55. The van der Waals surface area contributed by atoms with E-state index in [1.54, 1.807) is 26.2 Å². The van der Waals surface area contributed by atoms with Gasteiger partial charge in [-0.25, -0.2) is 4.79 Å². The van der Waals surface area contributed by atoms with Crippen LogP contribution in [0, 0.1) is 6.92 Å². The molecule has 0 saturated heterocycles. The number of aliphatic carboxylic acids is 1. The molecule has 0 fully saturated rings. The number of aryl methyl sites for hydroxylation is 1. The fourth-order valence-corrected chi connectivity index (χ4v) is 4.63. The van der Waals surface area contributed by atoms with Crippen molar-refractivity contribution in [3.63, 3.8) is 0 Å². The number of hydrogen-bond acceptors (Lipinski definition) is 6. The third-order valence-corrected chi connectivity index (χ3v) is 6.83. The number of carbonyl (C=O) groups excluding carboxylic acids is 2. The van der Waals surface area contributed by atoms with Crippen molar-refractivity contribution in [1.29, 1.82) is 0 Å². The van der Waals surface area contributed by atoms with E-state index in [1.807, 2.05) is 36.4 Å². The minimum absolute atomic E-state index is 0.102. The van der Waals surface area contributed by atoms with Gasteiger partial charge in [0.2, 0.25) is 11.8 Å². The molecule has 2 aromatic carbocycles. The third kappa shape index (κ3) is 6.54. The molecule has 0 radical (unpaired) electrons. The first-order valence-electron chi connectivity index (χ1n) is 13.1. The average molecular weight is 533 g/mol. The Balaban J connectivity index is 1.47. The van der Waals surface area contributed by atoms with E-state index in [1.165, 1.54) is 0 Å². The molecule has 204 valence electrons. The molecular formula is C30H32N2O7. The lowest BCUT2D eigenvalue weighted by Gasteiger charge is -2.17. The van der Waals surface area contributed by atoms with Crippen molar-refractivity contribution in [1.82, 2.24) is 10.6 Å². The van der Waals surface area contributed by atoms with Crippen LogP contribution in [0.4, 0.5) is 0 Å². The predicted octanol–water partition coefficient (Wildman–Crippen LogP) is 4.71. The van der Waals surface area contributed by atoms with Crippen LogP contribution in [0.3, 0.4) is 0 Å². The summed E-state index contributed by atoms with van der Waals surface area (Å²) >= 11 is 0. The lowest BCUT2D eigenvalue weighted by Crippen LogP contribution is -2.47. The van der Waals surface area contributed by atoms with Crippen molar-refractivity contribution in [2.75, 3.05) is 6.54 Å². The number of carboxylic acid groups (broad SMARTS) is 1. The van der Waals surface area contributed by atoms with Gasteiger partial charge < -0.3 is 24.6 Å². The van der Waals surface area contributed by atoms with Crippen LogP contribution in [0.2, 0.25) is 0 Å². The van der Waals surface area contributed by atoms with Gasteiger partial charge in [-0.05, 0) is 43.4 Å². The van der Waals surface area contributed by atoms with Gasteiger partial charge in [0.05, 0.1) is 18.2 Å². The van der Waals surface area contributed by atoms with Crippen LogP contribution in [-0.2, 0) is 20.8 Å². The maximum absolute atomic E-state index is 12.9. The summed E-state index contributed by atoms with van der Waals surface area (Å²) in [5.41, 5.74) is 3.13. The Kier molecular flexibility index (Phi) is 8.81. The Bertz CT molecular complexity index is 1550. The fourth-order valence-electron chi connectivity index (χ4n) is 4.63. The standard InChI is InChI=1S/C30H32N2O7/c1-3-24(29(36)31-13-9-5-8-12-28(34)35)32-27(33)15-21-18(2)20-14-22-23(19-10-6-4-7-11-19)17-38-25(22)16-26(20)39-30(21)37/h4,6-7,10-11,14,16-17,24H,3,5,8-9,12-13,15H2,1-2H3,(H,31,36)(H,32,33)(H,34,35)/t24-/m1/s1. The Labute approximate surface area is 225 Å². The molecule has 0 bridgehead atoms. The number of carboxylic acids is 1. The van der Waals surface area contributed by atoms with Crippen molar-refractivity contribution in [3.8, 4) is 11.1 Å². The largest absolute Gasteiger partial charge is 0.481 e. The van der Waals surface area contributed by atoms with Gasteiger partial charge in [-0.2, -0.15) is 0 Å². The highest BCUT2D eigenvalue weighted by Gasteiger charge is 2.22. The molecule has 39 heavy (non-hydrogen) atoms. The number of amides is 2. The molecule has 4 rings (SSSR count). The monoisotopic (exact) mass is 532 g/mol. The van der Waals surface area contributed by atoms with Crippen LogP contribution >= 0.6 is 0 Å². The SMILES string of the molecule is CC[C@@H](NC(=O)Cc1c(C)c2cc3c(-c4ccccc4)coc3cc2oc1=O)C(=O)NCCCCCC(=O)O. The van der Waals surface area contributed by atoms with E-state index in [2.05, 4.69) is 10.6 Å². The van der Waals surface area contributed by atoms with E-state index in [0.29, 0.717) is 54.3 Å². The Hall–Kier alpha value is -4.40. The maximum Gasteiger partial charge on any atom is 0.340 e. The fraction of sp³-hybridized carbons (Fsp3) is 0.333. The van der Waals surface area contributed by atoms with Crippen molar-refractivity contribution in [3.05, 3.63) is 70.3 Å². The maximum atomic E-state index is 12.9. The van der Waals surface area contributed by atoms with Crippen molar-refractivity contribution < 1.29 is 28.3 Å². The summed E-state index contributed by atoms with van der Waals surface area (Å²) in [6.07, 6.45) is 3.81. The molecule has 0 saturated carbocycles. The molecule has 3 N–H and O–H groups in total. The molecule has 4 aromatic rings. The second-order valence-electron chi connectivity index (χ2n) is 9.55. The van der Waals surface area contributed by atoms with E-state index in [-0.39, 0.29) is 24.3 Å². The summed E-state index contributed by atoms with van der Waals surface area (Å²) in [7, 11) is 0. The summed E-state index contributed by atoms with van der Waals surface area (Å²) in [4.78, 5) is 48.8. The summed E-state index contributed by atoms with van der Waals surface area (Å²) in [5, 5.41) is 15.8. The minimum atomic E-state index is -0.838. The van der Waals surface area contributed by atoms with Gasteiger partial charge in [0.1, 0.15) is 17.2 Å². The molecule has 1 atom stereocenters. The highest BCUT2D eigenvalue weighted by molar-refractivity contribution is 6.02. The Morgan fingerprint density at radius 2 is 1.77 bits per heavy atom. The molecule has 0 aliphatic rings.